The first-order valence-electron chi connectivity index (χ1n) is 8.03. The highest BCUT2D eigenvalue weighted by molar-refractivity contribution is 6.01. The van der Waals surface area contributed by atoms with E-state index < -0.39 is 6.17 Å². The standard InChI is InChI=1S/C19H17N5O/c1-2-12-23-18(21-16-11-7-6-10-15(16)19(23)25)17-13-20-24(22-17)14-8-4-3-5-9-14/h2-11,13,18,21H,1,12H2. The average molecular weight is 331 g/mol. The van der Waals surface area contributed by atoms with Gasteiger partial charge in [-0.05, 0) is 24.3 Å². The fraction of sp³-hybridized carbons (Fsp3) is 0.105. The molecule has 0 bridgehead atoms. The zero-order chi connectivity index (χ0) is 17.2. The second kappa shape index (κ2) is 6.24. The highest BCUT2D eigenvalue weighted by Gasteiger charge is 2.33. The summed E-state index contributed by atoms with van der Waals surface area (Å²) in [6.07, 6.45) is 3.00. The van der Waals surface area contributed by atoms with Gasteiger partial charge in [-0.15, -0.1) is 11.7 Å². The van der Waals surface area contributed by atoms with Crippen molar-refractivity contribution < 1.29 is 4.79 Å². The van der Waals surface area contributed by atoms with Crippen molar-refractivity contribution in [1.82, 2.24) is 19.9 Å². The molecule has 0 spiro atoms. The summed E-state index contributed by atoms with van der Waals surface area (Å²) in [6, 6.07) is 17.1. The van der Waals surface area contributed by atoms with Crippen molar-refractivity contribution in [3.8, 4) is 5.69 Å². The van der Waals surface area contributed by atoms with Crippen LogP contribution in [0.5, 0.6) is 0 Å². The molecular formula is C19H17N5O. The maximum absolute atomic E-state index is 12.9. The van der Waals surface area contributed by atoms with Gasteiger partial charge in [0.25, 0.3) is 5.91 Å². The highest BCUT2D eigenvalue weighted by Crippen LogP contribution is 2.32. The molecule has 1 aromatic heterocycles. The second-order valence-corrected chi connectivity index (χ2v) is 5.73. The van der Waals surface area contributed by atoms with Gasteiger partial charge in [-0.1, -0.05) is 36.4 Å². The van der Waals surface area contributed by atoms with Crippen LogP contribution in [0.25, 0.3) is 5.69 Å². The van der Waals surface area contributed by atoms with Crippen molar-refractivity contribution in [2.24, 2.45) is 0 Å². The second-order valence-electron chi connectivity index (χ2n) is 5.73. The number of rotatable bonds is 4. The van der Waals surface area contributed by atoms with Crippen molar-refractivity contribution in [3.63, 3.8) is 0 Å². The van der Waals surface area contributed by atoms with E-state index in [1.165, 1.54) is 0 Å². The number of nitrogens with one attached hydrogen (secondary N) is 1. The van der Waals surface area contributed by atoms with E-state index in [-0.39, 0.29) is 5.91 Å². The molecule has 6 heteroatoms. The largest absolute Gasteiger partial charge is 0.359 e. The predicted octanol–water partition coefficient (Wildman–Crippen LogP) is 3.02. The number of nitrogens with zero attached hydrogens (tertiary/aromatic N) is 4. The van der Waals surface area contributed by atoms with Crippen LogP contribution in [0.3, 0.4) is 0 Å². The Labute approximate surface area is 145 Å². The molecular weight excluding hydrogens is 314 g/mol. The molecule has 1 atom stereocenters. The number of carbonyl (C=O) groups excluding carboxylic acids is 1. The van der Waals surface area contributed by atoms with Crippen LogP contribution in [0.4, 0.5) is 5.69 Å². The van der Waals surface area contributed by atoms with E-state index in [0.717, 1.165) is 11.4 Å². The van der Waals surface area contributed by atoms with Crippen LogP contribution in [-0.4, -0.2) is 32.3 Å². The van der Waals surface area contributed by atoms with Gasteiger partial charge in [-0.2, -0.15) is 9.90 Å². The predicted molar refractivity (Wildman–Crippen MR) is 95.4 cm³/mol. The summed E-state index contributed by atoms with van der Waals surface area (Å²) in [6.45, 7) is 4.18. The number of amides is 1. The first-order chi connectivity index (χ1) is 12.3. The number of anilines is 1. The van der Waals surface area contributed by atoms with Gasteiger partial charge < -0.3 is 10.2 Å². The molecule has 4 rings (SSSR count). The van der Waals surface area contributed by atoms with E-state index >= 15 is 0 Å². The number of fused-ring (bicyclic) bond motifs is 1. The van der Waals surface area contributed by atoms with Crippen molar-refractivity contribution in [2.45, 2.75) is 6.17 Å². The summed E-state index contributed by atoms with van der Waals surface area (Å²) in [5.41, 5.74) is 2.99. The molecule has 1 N–H and O–H groups in total. The van der Waals surface area contributed by atoms with Gasteiger partial charge >= 0.3 is 0 Å². The number of carbonyl (C=O) groups is 1. The van der Waals surface area contributed by atoms with Gasteiger partial charge in [0.15, 0.2) is 0 Å². The van der Waals surface area contributed by atoms with Crippen molar-refractivity contribution >= 4 is 11.6 Å². The Morgan fingerprint density at radius 1 is 1.12 bits per heavy atom. The number of para-hydroxylation sites is 2. The molecule has 1 unspecified atom stereocenters. The molecule has 3 aromatic rings. The normalized spacial score (nSPS) is 16.2. The van der Waals surface area contributed by atoms with Gasteiger partial charge in [0.05, 0.1) is 17.4 Å². The molecule has 0 saturated heterocycles. The van der Waals surface area contributed by atoms with Crippen LogP contribution in [0.2, 0.25) is 0 Å². The lowest BCUT2D eigenvalue weighted by molar-refractivity contribution is 0.0704. The quantitative estimate of drug-likeness (QED) is 0.747. The van der Waals surface area contributed by atoms with Gasteiger partial charge in [-0.3, -0.25) is 4.79 Å². The molecule has 0 radical (unpaired) electrons. The van der Waals surface area contributed by atoms with E-state index in [0.29, 0.717) is 17.8 Å². The van der Waals surface area contributed by atoms with Crippen LogP contribution >= 0.6 is 0 Å². The Morgan fingerprint density at radius 3 is 2.68 bits per heavy atom. The molecule has 25 heavy (non-hydrogen) atoms. The molecule has 6 nitrogen and oxygen atoms in total. The molecule has 2 aromatic carbocycles. The maximum atomic E-state index is 12.9. The fourth-order valence-corrected chi connectivity index (χ4v) is 2.94. The van der Waals surface area contributed by atoms with Crippen molar-refractivity contribution in [1.29, 1.82) is 0 Å². The Hall–Kier alpha value is -3.41. The molecule has 0 saturated carbocycles. The van der Waals surface area contributed by atoms with Crippen LogP contribution in [0.1, 0.15) is 22.2 Å². The minimum atomic E-state index is -0.391. The lowest BCUT2D eigenvalue weighted by Gasteiger charge is -2.36. The molecule has 0 aliphatic carbocycles. The monoisotopic (exact) mass is 331 g/mol. The van der Waals surface area contributed by atoms with E-state index in [9.17, 15) is 4.79 Å². The zero-order valence-corrected chi connectivity index (χ0v) is 13.5. The molecule has 2 heterocycles. The van der Waals surface area contributed by atoms with E-state index in [1.807, 2.05) is 54.6 Å². The Kier molecular flexibility index (Phi) is 3.78. The lowest BCUT2D eigenvalue weighted by Crippen LogP contribution is -2.43. The first-order valence-corrected chi connectivity index (χ1v) is 8.03. The summed E-state index contributed by atoms with van der Waals surface area (Å²) in [4.78, 5) is 16.1. The van der Waals surface area contributed by atoms with Gasteiger partial charge in [0.1, 0.15) is 11.9 Å². The summed E-state index contributed by atoms with van der Waals surface area (Å²) >= 11 is 0. The summed E-state index contributed by atoms with van der Waals surface area (Å²) in [5.74, 6) is -0.0477. The van der Waals surface area contributed by atoms with E-state index in [2.05, 4.69) is 22.1 Å². The lowest BCUT2D eigenvalue weighted by atomic mass is 10.1. The van der Waals surface area contributed by atoms with Crippen LogP contribution < -0.4 is 5.32 Å². The van der Waals surface area contributed by atoms with Gasteiger partial charge in [0, 0.05) is 12.2 Å². The Bertz CT molecular complexity index is 918. The molecule has 0 fully saturated rings. The topological polar surface area (TPSA) is 63.1 Å². The number of hydrogen-bond acceptors (Lipinski definition) is 4. The van der Waals surface area contributed by atoms with Crippen LogP contribution in [0.15, 0.2) is 73.4 Å². The smallest absolute Gasteiger partial charge is 0.258 e. The highest BCUT2D eigenvalue weighted by atomic mass is 16.2. The first kappa shape index (κ1) is 15.1. The van der Waals surface area contributed by atoms with E-state index in [4.69, 9.17) is 0 Å². The average Bonchev–Trinajstić information content (AvgIpc) is 3.15. The maximum Gasteiger partial charge on any atom is 0.258 e. The molecule has 1 aliphatic rings. The third kappa shape index (κ3) is 2.67. The number of hydrogen-bond donors (Lipinski definition) is 1. The zero-order valence-electron chi connectivity index (χ0n) is 13.5. The molecule has 124 valence electrons. The SMILES string of the molecule is C=CCN1C(=O)c2ccccc2NC1c1cnn(-c2ccccc2)n1. The summed E-state index contributed by atoms with van der Waals surface area (Å²) < 4.78 is 0. The minimum absolute atomic E-state index is 0.0477. The van der Waals surface area contributed by atoms with E-state index in [1.54, 1.807) is 22.0 Å². The van der Waals surface area contributed by atoms with Crippen LogP contribution in [0, 0.1) is 0 Å². The van der Waals surface area contributed by atoms with Gasteiger partial charge in [0.2, 0.25) is 0 Å². The number of benzene rings is 2. The third-order valence-corrected chi connectivity index (χ3v) is 4.12. The number of aromatic nitrogens is 3. The third-order valence-electron chi connectivity index (χ3n) is 4.12. The van der Waals surface area contributed by atoms with Crippen LogP contribution in [-0.2, 0) is 0 Å². The molecule has 1 amide bonds. The minimum Gasteiger partial charge on any atom is -0.359 e. The summed E-state index contributed by atoms with van der Waals surface area (Å²) in [5, 5.41) is 12.3. The Balaban J connectivity index is 1.72. The molecule has 1 aliphatic heterocycles. The van der Waals surface area contributed by atoms with Crippen molar-refractivity contribution in [2.75, 3.05) is 11.9 Å². The van der Waals surface area contributed by atoms with Crippen molar-refractivity contribution in [3.05, 3.63) is 84.7 Å². The fourth-order valence-electron chi connectivity index (χ4n) is 2.94. The Morgan fingerprint density at radius 2 is 1.88 bits per heavy atom. The summed E-state index contributed by atoms with van der Waals surface area (Å²) in [7, 11) is 0. The van der Waals surface area contributed by atoms with Gasteiger partial charge in [-0.25, -0.2) is 0 Å².